The van der Waals surface area contributed by atoms with Crippen molar-refractivity contribution in [2.24, 2.45) is 5.10 Å². The van der Waals surface area contributed by atoms with E-state index in [0.717, 1.165) is 11.1 Å². The third kappa shape index (κ3) is 6.59. The number of esters is 1. The molecule has 0 saturated carbocycles. The van der Waals surface area contributed by atoms with Gasteiger partial charge in [0.05, 0.1) is 31.5 Å². The molecule has 0 aromatic heterocycles. The van der Waals surface area contributed by atoms with Crippen LogP contribution in [0.2, 0.25) is 0 Å². The molecular formula is C25H28N4O6. The zero-order chi connectivity index (χ0) is 25.4. The summed E-state index contributed by atoms with van der Waals surface area (Å²) < 4.78 is 16.1. The van der Waals surface area contributed by atoms with Gasteiger partial charge in [-0.2, -0.15) is 5.10 Å². The van der Waals surface area contributed by atoms with Crippen LogP contribution in [0.5, 0.6) is 11.5 Å². The molecule has 1 aliphatic heterocycles. The molecule has 0 aliphatic carbocycles. The molecule has 1 atom stereocenters. The van der Waals surface area contributed by atoms with Crippen LogP contribution >= 0.6 is 0 Å². The van der Waals surface area contributed by atoms with Crippen LogP contribution in [0.3, 0.4) is 0 Å². The summed E-state index contributed by atoms with van der Waals surface area (Å²) in [6.07, 6.45) is 1.54. The summed E-state index contributed by atoms with van der Waals surface area (Å²) >= 11 is 0. The topological polar surface area (TPSA) is 127 Å². The van der Waals surface area contributed by atoms with Crippen molar-refractivity contribution in [2.45, 2.75) is 26.8 Å². The molecule has 0 bridgehead atoms. The minimum Gasteiger partial charge on any atom is -0.493 e. The standard InChI is InChI=1S/C25H28N4O6/c1-5-34-24(31)22-16(3)27-25(32)28-23(22)18-10-11-19(20(12-18)33-4)35-14-21(30)29-26-13-17-8-6-15(2)7-9-17/h6-13,23H,5,14H2,1-4H3,(H,29,30)(H2,27,28,32)/b26-13-/t23-/m1/s1. The van der Waals surface area contributed by atoms with Crippen LogP contribution in [0.15, 0.2) is 58.8 Å². The molecule has 0 unspecified atom stereocenters. The maximum Gasteiger partial charge on any atom is 0.338 e. The second kappa shape index (κ2) is 11.7. The van der Waals surface area contributed by atoms with E-state index in [1.54, 1.807) is 32.0 Å². The maximum absolute atomic E-state index is 12.5. The van der Waals surface area contributed by atoms with Gasteiger partial charge in [-0.25, -0.2) is 15.0 Å². The number of methoxy groups -OCH3 is 1. The molecule has 1 heterocycles. The van der Waals surface area contributed by atoms with Gasteiger partial charge in [0.1, 0.15) is 0 Å². The monoisotopic (exact) mass is 480 g/mol. The molecule has 0 fully saturated rings. The van der Waals surface area contributed by atoms with E-state index in [0.29, 0.717) is 22.8 Å². The number of aryl methyl sites for hydroxylation is 1. The van der Waals surface area contributed by atoms with Crippen molar-refractivity contribution in [3.63, 3.8) is 0 Å². The number of hydrazone groups is 1. The Bertz CT molecular complexity index is 1160. The van der Waals surface area contributed by atoms with Crippen molar-refractivity contribution in [2.75, 3.05) is 20.3 Å². The second-order valence-corrected chi connectivity index (χ2v) is 7.69. The molecule has 184 valence electrons. The molecule has 10 heteroatoms. The lowest BCUT2D eigenvalue weighted by Gasteiger charge is -2.28. The van der Waals surface area contributed by atoms with Crippen molar-refractivity contribution < 1.29 is 28.6 Å². The largest absolute Gasteiger partial charge is 0.493 e. The molecule has 3 rings (SSSR count). The predicted molar refractivity (Wildman–Crippen MR) is 129 cm³/mol. The van der Waals surface area contributed by atoms with Gasteiger partial charge in [0.2, 0.25) is 0 Å². The Hall–Kier alpha value is -4.34. The number of nitrogens with zero attached hydrogens (tertiary/aromatic N) is 1. The van der Waals surface area contributed by atoms with Gasteiger partial charge < -0.3 is 24.8 Å². The Labute approximate surface area is 203 Å². The van der Waals surface area contributed by atoms with Crippen LogP contribution in [0.25, 0.3) is 0 Å². The molecule has 0 radical (unpaired) electrons. The van der Waals surface area contributed by atoms with Crippen molar-refractivity contribution in [3.8, 4) is 11.5 Å². The van der Waals surface area contributed by atoms with E-state index in [-0.39, 0.29) is 18.8 Å². The Balaban J connectivity index is 1.69. The highest BCUT2D eigenvalue weighted by Gasteiger charge is 2.32. The molecular weight excluding hydrogens is 452 g/mol. The Kier molecular flexibility index (Phi) is 8.44. The summed E-state index contributed by atoms with van der Waals surface area (Å²) in [7, 11) is 1.45. The number of urea groups is 1. The van der Waals surface area contributed by atoms with Gasteiger partial charge in [-0.3, -0.25) is 4.79 Å². The predicted octanol–water partition coefficient (Wildman–Crippen LogP) is 2.72. The molecule has 3 amide bonds. The smallest absolute Gasteiger partial charge is 0.338 e. The molecule has 1 aliphatic rings. The fourth-order valence-electron chi connectivity index (χ4n) is 3.41. The maximum atomic E-state index is 12.5. The fourth-order valence-corrected chi connectivity index (χ4v) is 3.41. The molecule has 3 N–H and O–H groups in total. The molecule has 2 aromatic rings. The number of carbonyl (C=O) groups is 3. The van der Waals surface area contributed by atoms with E-state index < -0.39 is 23.9 Å². The number of ether oxygens (including phenoxy) is 3. The Morgan fingerprint density at radius 3 is 2.54 bits per heavy atom. The highest BCUT2D eigenvalue weighted by Crippen LogP contribution is 2.34. The van der Waals surface area contributed by atoms with Crippen LogP contribution in [-0.2, 0) is 14.3 Å². The van der Waals surface area contributed by atoms with E-state index in [9.17, 15) is 14.4 Å². The lowest BCUT2D eigenvalue weighted by atomic mass is 9.95. The number of hydrogen-bond donors (Lipinski definition) is 3. The summed E-state index contributed by atoms with van der Waals surface area (Å²) in [5.74, 6) is -0.349. The van der Waals surface area contributed by atoms with E-state index in [1.807, 2.05) is 31.2 Å². The lowest BCUT2D eigenvalue weighted by molar-refractivity contribution is -0.139. The number of benzene rings is 2. The van der Waals surface area contributed by atoms with E-state index in [4.69, 9.17) is 14.2 Å². The van der Waals surface area contributed by atoms with Gasteiger partial charge in [0, 0.05) is 5.70 Å². The van der Waals surface area contributed by atoms with E-state index >= 15 is 0 Å². The van der Waals surface area contributed by atoms with Crippen LogP contribution < -0.4 is 25.5 Å². The molecule has 35 heavy (non-hydrogen) atoms. The van der Waals surface area contributed by atoms with Gasteiger partial charge >= 0.3 is 12.0 Å². The van der Waals surface area contributed by atoms with Gasteiger partial charge in [0.15, 0.2) is 18.1 Å². The summed E-state index contributed by atoms with van der Waals surface area (Å²) in [6.45, 7) is 5.23. The first-order chi connectivity index (χ1) is 16.8. The minimum absolute atomic E-state index is 0.198. The van der Waals surface area contributed by atoms with E-state index in [1.165, 1.54) is 13.3 Å². The third-order valence-corrected chi connectivity index (χ3v) is 5.12. The first-order valence-corrected chi connectivity index (χ1v) is 11.0. The highest BCUT2D eigenvalue weighted by atomic mass is 16.5. The SMILES string of the molecule is CCOC(=O)C1=C(C)NC(=O)N[C@@H]1c1ccc(OCC(=O)N/N=C\c2ccc(C)cc2)c(OC)c1. The van der Waals surface area contributed by atoms with Crippen molar-refractivity contribution in [1.82, 2.24) is 16.1 Å². The average molecular weight is 481 g/mol. The summed E-state index contributed by atoms with van der Waals surface area (Å²) in [5.41, 5.74) is 5.66. The molecule has 0 spiro atoms. The van der Waals surface area contributed by atoms with Gasteiger partial charge in [0.25, 0.3) is 5.91 Å². The summed E-state index contributed by atoms with van der Waals surface area (Å²) in [4.78, 5) is 36.7. The second-order valence-electron chi connectivity index (χ2n) is 7.69. The Morgan fingerprint density at radius 2 is 1.86 bits per heavy atom. The number of carbonyl (C=O) groups excluding carboxylic acids is 3. The van der Waals surface area contributed by atoms with Crippen LogP contribution in [0, 0.1) is 6.92 Å². The van der Waals surface area contributed by atoms with Crippen LogP contribution in [0.4, 0.5) is 4.79 Å². The Morgan fingerprint density at radius 1 is 1.11 bits per heavy atom. The minimum atomic E-state index is -0.745. The van der Waals surface area contributed by atoms with E-state index in [2.05, 4.69) is 21.2 Å². The quantitative estimate of drug-likeness (QED) is 0.288. The molecule has 10 nitrogen and oxygen atoms in total. The summed E-state index contributed by atoms with van der Waals surface area (Å²) in [6, 6.07) is 11.4. The average Bonchev–Trinajstić information content (AvgIpc) is 2.83. The number of allylic oxidation sites excluding steroid dienone is 1. The molecule has 0 saturated heterocycles. The number of hydrogen-bond acceptors (Lipinski definition) is 7. The zero-order valence-corrected chi connectivity index (χ0v) is 20.0. The zero-order valence-electron chi connectivity index (χ0n) is 20.0. The van der Waals surface area contributed by atoms with Gasteiger partial charge in [-0.1, -0.05) is 35.9 Å². The van der Waals surface area contributed by atoms with Crippen molar-refractivity contribution >= 4 is 24.1 Å². The fraction of sp³-hybridized carbons (Fsp3) is 0.280. The van der Waals surface area contributed by atoms with Crippen molar-refractivity contribution in [1.29, 1.82) is 0 Å². The van der Waals surface area contributed by atoms with Crippen LogP contribution in [0.1, 0.15) is 36.6 Å². The summed E-state index contributed by atoms with van der Waals surface area (Å²) in [5, 5.41) is 9.24. The van der Waals surface area contributed by atoms with Crippen molar-refractivity contribution in [3.05, 3.63) is 70.4 Å². The highest BCUT2D eigenvalue weighted by molar-refractivity contribution is 5.95. The molecule has 2 aromatic carbocycles. The third-order valence-electron chi connectivity index (χ3n) is 5.12. The number of amides is 3. The normalized spacial score (nSPS) is 15.3. The van der Waals surface area contributed by atoms with Gasteiger partial charge in [-0.15, -0.1) is 0 Å². The first kappa shape index (κ1) is 25.3. The lowest BCUT2D eigenvalue weighted by Crippen LogP contribution is -2.45. The number of rotatable bonds is 9. The number of nitrogens with one attached hydrogen (secondary N) is 3. The first-order valence-electron chi connectivity index (χ1n) is 11.0. The van der Waals surface area contributed by atoms with Crippen LogP contribution in [-0.4, -0.2) is 44.4 Å². The van der Waals surface area contributed by atoms with Gasteiger partial charge in [-0.05, 0) is 44.0 Å².